The van der Waals surface area contributed by atoms with Gasteiger partial charge in [-0.25, -0.2) is 4.68 Å². The van der Waals surface area contributed by atoms with E-state index in [2.05, 4.69) is 70.2 Å². The van der Waals surface area contributed by atoms with Crippen molar-refractivity contribution in [2.75, 3.05) is 5.32 Å². The third-order valence-corrected chi connectivity index (χ3v) is 6.44. The number of anilines is 1. The monoisotopic (exact) mass is 398 g/mol. The van der Waals surface area contributed by atoms with Crippen LogP contribution in [-0.4, -0.2) is 14.8 Å². The number of rotatable bonds is 2. The minimum atomic E-state index is -0.211. The summed E-state index contributed by atoms with van der Waals surface area (Å²) in [6.07, 6.45) is 1.40. The van der Waals surface area contributed by atoms with Crippen molar-refractivity contribution < 1.29 is 4.74 Å². The van der Waals surface area contributed by atoms with E-state index < -0.39 is 0 Å². The number of nitrogens with one attached hydrogen (secondary N) is 1. The molecule has 142 valence electrons. The number of thiophene rings is 1. The van der Waals surface area contributed by atoms with Crippen LogP contribution in [0, 0.1) is 6.92 Å². The van der Waals surface area contributed by atoms with Crippen LogP contribution in [-0.2, 0) is 0 Å². The van der Waals surface area contributed by atoms with Crippen molar-refractivity contribution in [3.63, 3.8) is 0 Å². The highest BCUT2D eigenvalue weighted by molar-refractivity contribution is 7.10. The lowest BCUT2D eigenvalue weighted by Crippen LogP contribution is -2.32. The summed E-state index contributed by atoms with van der Waals surface area (Å²) < 4.78 is 8.55. The molecule has 2 atom stereocenters. The molecule has 6 heteroatoms. The molecule has 2 aliphatic rings. The number of ether oxygens (including phenoxy) is 1. The normalized spacial score (nSPS) is 19.6. The van der Waals surface area contributed by atoms with E-state index in [4.69, 9.17) is 4.74 Å². The molecular formula is C23H18N4OS. The highest BCUT2D eigenvalue weighted by atomic mass is 32.1. The van der Waals surface area contributed by atoms with Crippen LogP contribution in [0.15, 0.2) is 77.9 Å². The van der Waals surface area contributed by atoms with Crippen LogP contribution in [0.1, 0.15) is 33.7 Å². The first kappa shape index (κ1) is 16.6. The van der Waals surface area contributed by atoms with Gasteiger partial charge >= 0.3 is 0 Å². The van der Waals surface area contributed by atoms with Crippen LogP contribution in [0.25, 0.3) is 5.70 Å². The van der Waals surface area contributed by atoms with Crippen molar-refractivity contribution in [2.45, 2.75) is 19.1 Å². The Morgan fingerprint density at radius 1 is 1.03 bits per heavy atom. The number of benzene rings is 2. The van der Waals surface area contributed by atoms with Crippen molar-refractivity contribution in [1.82, 2.24) is 14.8 Å². The predicted molar refractivity (Wildman–Crippen MR) is 114 cm³/mol. The second-order valence-electron chi connectivity index (χ2n) is 7.31. The summed E-state index contributed by atoms with van der Waals surface area (Å²) in [6, 6.07) is 20.9. The zero-order valence-corrected chi connectivity index (χ0v) is 16.6. The van der Waals surface area contributed by atoms with Crippen LogP contribution in [0.5, 0.6) is 5.75 Å². The van der Waals surface area contributed by atoms with Crippen molar-refractivity contribution >= 4 is 23.0 Å². The van der Waals surface area contributed by atoms with Gasteiger partial charge in [0.1, 0.15) is 24.2 Å². The average Bonchev–Trinajstić information content (AvgIpc) is 3.44. The SMILES string of the molecule is Cc1ccc([C@H]2Oc3ccccc3C3=C2[C@@H](c2cccs2)n2ncnc2N3)cc1. The molecule has 2 aliphatic heterocycles. The second kappa shape index (κ2) is 6.32. The maximum Gasteiger partial charge on any atom is 0.226 e. The molecule has 5 nitrogen and oxygen atoms in total. The summed E-state index contributed by atoms with van der Waals surface area (Å²) in [5.41, 5.74) is 5.64. The lowest BCUT2D eigenvalue weighted by Gasteiger charge is -2.38. The van der Waals surface area contributed by atoms with Crippen molar-refractivity contribution in [3.05, 3.63) is 99.5 Å². The van der Waals surface area contributed by atoms with Crippen molar-refractivity contribution in [1.29, 1.82) is 0 Å². The van der Waals surface area contributed by atoms with E-state index in [1.807, 2.05) is 22.9 Å². The Labute approximate surface area is 172 Å². The fraction of sp³-hybridized carbons (Fsp3) is 0.130. The topological polar surface area (TPSA) is 52.0 Å². The number of aromatic nitrogens is 3. The average molecular weight is 398 g/mol. The lowest BCUT2D eigenvalue weighted by molar-refractivity contribution is 0.223. The van der Waals surface area contributed by atoms with E-state index in [9.17, 15) is 0 Å². The lowest BCUT2D eigenvalue weighted by atomic mass is 9.87. The molecule has 0 radical (unpaired) electrons. The molecule has 0 unspecified atom stereocenters. The van der Waals surface area contributed by atoms with Gasteiger partial charge in [0, 0.05) is 16.0 Å². The summed E-state index contributed by atoms with van der Waals surface area (Å²) in [4.78, 5) is 5.67. The standard InChI is InChI=1S/C23H18N4OS/c1-14-8-10-15(11-9-14)22-19-20(16-5-2-3-6-17(16)28-22)26-23-24-13-25-27(23)21(19)18-7-4-12-29-18/h2-13,21-22H,1H3,(H,24,25,26)/t21-,22-/m1/s1. The summed E-state index contributed by atoms with van der Waals surface area (Å²) in [5, 5.41) is 10.2. The van der Waals surface area contributed by atoms with Crippen LogP contribution in [0.3, 0.4) is 0 Å². The Balaban J connectivity index is 1.63. The van der Waals surface area contributed by atoms with Gasteiger partial charge in [0.05, 0.1) is 5.70 Å². The number of nitrogens with zero attached hydrogens (tertiary/aromatic N) is 3. The first-order chi connectivity index (χ1) is 14.3. The minimum absolute atomic E-state index is 0.0663. The Morgan fingerprint density at radius 2 is 1.90 bits per heavy atom. The van der Waals surface area contributed by atoms with Gasteiger partial charge in [0.25, 0.3) is 0 Å². The Morgan fingerprint density at radius 3 is 2.72 bits per heavy atom. The van der Waals surface area contributed by atoms with Gasteiger partial charge in [-0.3, -0.25) is 0 Å². The van der Waals surface area contributed by atoms with Gasteiger partial charge in [-0.05, 0) is 36.1 Å². The zero-order valence-electron chi connectivity index (χ0n) is 15.7. The molecule has 1 N–H and O–H groups in total. The van der Waals surface area contributed by atoms with Gasteiger partial charge in [-0.1, -0.05) is 48.0 Å². The van der Waals surface area contributed by atoms with E-state index in [0.29, 0.717) is 0 Å². The highest BCUT2D eigenvalue weighted by Crippen LogP contribution is 2.51. The number of hydrogen-bond donors (Lipinski definition) is 1. The molecule has 0 saturated carbocycles. The third-order valence-electron chi connectivity index (χ3n) is 5.51. The Kier molecular flexibility index (Phi) is 3.61. The molecule has 4 heterocycles. The largest absolute Gasteiger partial charge is 0.480 e. The summed E-state index contributed by atoms with van der Waals surface area (Å²) in [6.45, 7) is 2.10. The first-order valence-electron chi connectivity index (χ1n) is 9.56. The molecule has 0 aliphatic carbocycles. The summed E-state index contributed by atoms with van der Waals surface area (Å²) in [7, 11) is 0. The fourth-order valence-electron chi connectivity index (χ4n) is 4.15. The van der Waals surface area contributed by atoms with Crippen LogP contribution in [0.2, 0.25) is 0 Å². The molecule has 0 amide bonds. The first-order valence-corrected chi connectivity index (χ1v) is 10.4. The molecule has 6 rings (SSSR count). The molecule has 4 aromatic rings. The molecule has 0 saturated heterocycles. The summed E-state index contributed by atoms with van der Waals surface area (Å²) >= 11 is 1.73. The van der Waals surface area contributed by atoms with Gasteiger partial charge < -0.3 is 10.1 Å². The molecule has 0 bridgehead atoms. The molecule has 2 aromatic carbocycles. The summed E-state index contributed by atoms with van der Waals surface area (Å²) in [5.74, 6) is 1.63. The van der Waals surface area contributed by atoms with Crippen molar-refractivity contribution in [2.24, 2.45) is 0 Å². The van der Waals surface area contributed by atoms with Crippen LogP contribution in [0.4, 0.5) is 5.95 Å². The fourth-order valence-corrected chi connectivity index (χ4v) is 4.98. The van der Waals surface area contributed by atoms with E-state index in [-0.39, 0.29) is 12.1 Å². The number of fused-ring (bicyclic) bond motifs is 3. The number of para-hydroxylation sites is 1. The Bertz CT molecular complexity index is 1220. The number of hydrogen-bond acceptors (Lipinski definition) is 5. The third kappa shape index (κ3) is 2.53. The number of aryl methyl sites for hydroxylation is 1. The van der Waals surface area contributed by atoms with E-state index in [1.165, 1.54) is 10.4 Å². The van der Waals surface area contributed by atoms with E-state index in [0.717, 1.165) is 34.1 Å². The molecule has 2 aromatic heterocycles. The maximum atomic E-state index is 6.59. The zero-order chi connectivity index (χ0) is 19.4. The second-order valence-corrected chi connectivity index (χ2v) is 8.29. The quantitative estimate of drug-likeness (QED) is 0.504. The van der Waals surface area contributed by atoms with Gasteiger partial charge in [0.15, 0.2) is 0 Å². The van der Waals surface area contributed by atoms with Gasteiger partial charge in [-0.15, -0.1) is 11.3 Å². The van der Waals surface area contributed by atoms with Gasteiger partial charge in [0.2, 0.25) is 5.95 Å². The molecule has 0 spiro atoms. The van der Waals surface area contributed by atoms with Crippen LogP contribution < -0.4 is 10.1 Å². The maximum absolute atomic E-state index is 6.59. The highest BCUT2D eigenvalue weighted by Gasteiger charge is 2.41. The predicted octanol–water partition coefficient (Wildman–Crippen LogP) is 5.21. The smallest absolute Gasteiger partial charge is 0.226 e. The van der Waals surface area contributed by atoms with E-state index in [1.54, 1.807) is 17.7 Å². The van der Waals surface area contributed by atoms with Crippen molar-refractivity contribution in [3.8, 4) is 5.75 Å². The van der Waals surface area contributed by atoms with E-state index >= 15 is 0 Å². The van der Waals surface area contributed by atoms with Crippen LogP contribution >= 0.6 is 11.3 Å². The minimum Gasteiger partial charge on any atom is -0.480 e. The molecular weight excluding hydrogens is 380 g/mol. The molecule has 29 heavy (non-hydrogen) atoms. The van der Waals surface area contributed by atoms with Gasteiger partial charge in [-0.2, -0.15) is 10.1 Å². The molecule has 0 fully saturated rings. The Hall–Kier alpha value is -3.38.